The van der Waals surface area contributed by atoms with Crippen LogP contribution in [0.4, 0.5) is 0 Å². The number of thiocarbonyl (C=S) groups is 1. The Balaban J connectivity index is 2.03. The molecule has 0 aromatic carbocycles. The zero-order valence-electron chi connectivity index (χ0n) is 9.06. The van der Waals surface area contributed by atoms with Crippen LogP contribution >= 0.6 is 12.2 Å². The molecule has 1 aliphatic rings. The van der Waals surface area contributed by atoms with Crippen molar-refractivity contribution in [2.75, 3.05) is 7.05 Å². The molecule has 1 aliphatic carbocycles. The second-order valence-corrected chi connectivity index (χ2v) is 4.58. The Kier molecular flexibility index (Phi) is 2.67. The van der Waals surface area contributed by atoms with Crippen LogP contribution in [-0.4, -0.2) is 32.8 Å². The summed E-state index contributed by atoms with van der Waals surface area (Å²) in [5.74, 6) is 0.756. The highest BCUT2D eigenvalue weighted by Gasteiger charge is 2.53. The van der Waals surface area contributed by atoms with E-state index in [0.29, 0.717) is 11.5 Å². The van der Waals surface area contributed by atoms with Gasteiger partial charge >= 0.3 is 0 Å². The average molecular weight is 238 g/mol. The van der Waals surface area contributed by atoms with Crippen LogP contribution in [0.3, 0.4) is 0 Å². The van der Waals surface area contributed by atoms with Crippen LogP contribution in [0.2, 0.25) is 0 Å². The minimum atomic E-state index is -0.573. The van der Waals surface area contributed by atoms with Crippen molar-refractivity contribution in [3.05, 3.63) is 18.2 Å². The van der Waals surface area contributed by atoms with Gasteiger partial charge in [-0.2, -0.15) is 0 Å². The summed E-state index contributed by atoms with van der Waals surface area (Å²) in [6.07, 6.45) is 4.93. The van der Waals surface area contributed by atoms with Crippen molar-refractivity contribution in [1.82, 2.24) is 14.9 Å². The Morgan fingerprint density at radius 2 is 2.44 bits per heavy atom. The van der Waals surface area contributed by atoms with E-state index in [2.05, 4.69) is 9.97 Å². The van der Waals surface area contributed by atoms with Crippen molar-refractivity contribution < 1.29 is 4.79 Å². The molecule has 0 aliphatic heterocycles. The topological polar surface area (TPSA) is 75.0 Å². The fraction of sp³-hybridized carbons (Fsp3) is 0.500. The molecule has 1 aromatic heterocycles. The van der Waals surface area contributed by atoms with E-state index in [4.69, 9.17) is 18.0 Å². The number of nitrogens with one attached hydrogen (secondary N) is 1. The van der Waals surface area contributed by atoms with Gasteiger partial charge in [0, 0.05) is 19.4 Å². The molecule has 16 heavy (non-hydrogen) atoms. The largest absolute Gasteiger partial charge is 0.392 e. The monoisotopic (exact) mass is 238 g/mol. The molecule has 0 saturated heterocycles. The number of H-pyrrole nitrogens is 1. The molecule has 1 saturated carbocycles. The summed E-state index contributed by atoms with van der Waals surface area (Å²) in [5, 5.41) is 0. The number of nitrogens with two attached hydrogens (primary N) is 1. The fourth-order valence-electron chi connectivity index (χ4n) is 1.74. The second-order valence-electron chi connectivity index (χ2n) is 4.14. The van der Waals surface area contributed by atoms with E-state index in [-0.39, 0.29) is 5.91 Å². The maximum Gasteiger partial charge on any atom is 0.235 e. The minimum absolute atomic E-state index is 0.00333. The van der Waals surface area contributed by atoms with Crippen molar-refractivity contribution in [2.24, 2.45) is 11.1 Å². The van der Waals surface area contributed by atoms with Crippen LogP contribution in [0.1, 0.15) is 18.7 Å². The highest BCUT2D eigenvalue weighted by Crippen LogP contribution is 2.47. The Hall–Kier alpha value is -1.43. The van der Waals surface area contributed by atoms with Gasteiger partial charge in [0.15, 0.2) is 0 Å². The van der Waals surface area contributed by atoms with E-state index < -0.39 is 5.41 Å². The summed E-state index contributed by atoms with van der Waals surface area (Å²) >= 11 is 4.94. The van der Waals surface area contributed by atoms with Crippen LogP contribution in [-0.2, 0) is 11.3 Å². The third-order valence-electron chi connectivity index (χ3n) is 2.92. The van der Waals surface area contributed by atoms with Crippen molar-refractivity contribution in [2.45, 2.75) is 19.4 Å². The molecule has 0 unspecified atom stereocenters. The fourth-order valence-corrected chi connectivity index (χ4v) is 2.03. The van der Waals surface area contributed by atoms with Crippen LogP contribution in [0.25, 0.3) is 0 Å². The lowest BCUT2D eigenvalue weighted by molar-refractivity contribution is -0.133. The summed E-state index contributed by atoms with van der Waals surface area (Å²) in [6, 6.07) is 0. The smallest absolute Gasteiger partial charge is 0.235 e. The highest BCUT2D eigenvalue weighted by molar-refractivity contribution is 7.80. The number of aromatic nitrogens is 2. The van der Waals surface area contributed by atoms with Crippen molar-refractivity contribution in [1.29, 1.82) is 0 Å². The molecule has 0 spiro atoms. The Labute approximate surface area is 99.0 Å². The van der Waals surface area contributed by atoms with Crippen LogP contribution in [0, 0.1) is 5.41 Å². The maximum atomic E-state index is 12.1. The summed E-state index contributed by atoms with van der Waals surface area (Å²) < 4.78 is 0. The number of aromatic amines is 1. The number of imidazole rings is 1. The maximum absolute atomic E-state index is 12.1. The van der Waals surface area contributed by atoms with Gasteiger partial charge in [-0.25, -0.2) is 4.98 Å². The minimum Gasteiger partial charge on any atom is -0.392 e. The van der Waals surface area contributed by atoms with Crippen molar-refractivity contribution >= 4 is 23.1 Å². The van der Waals surface area contributed by atoms with Crippen LogP contribution in [0.15, 0.2) is 12.4 Å². The van der Waals surface area contributed by atoms with Gasteiger partial charge in [-0.1, -0.05) is 12.2 Å². The molecule has 5 nitrogen and oxygen atoms in total. The molecule has 0 radical (unpaired) electrons. The molecule has 0 atom stereocenters. The first-order valence-corrected chi connectivity index (χ1v) is 5.51. The van der Waals surface area contributed by atoms with E-state index in [0.717, 1.165) is 18.7 Å². The predicted octanol–water partition coefficient (Wildman–Crippen LogP) is 0.434. The molecule has 1 aromatic rings. The standard InChI is InChI=1S/C10H14N4OS/c1-14(6-7-12-4-5-13-7)9(15)10(2-3-10)8(11)16/h4-5H,2-3,6H2,1H3,(H2,11,16)(H,12,13). The molecular formula is C10H14N4OS. The van der Waals surface area contributed by atoms with Gasteiger partial charge in [-0.3, -0.25) is 4.79 Å². The van der Waals surface area contributed by atoms with Gasteiger partial charge in [0.05, 0.1) is 16.9 Å². The Morgan fingerprint density at radius 1 is 1.75 bits per heavy atom. The zero-order valence-corrected chi connectivity index (χ0v) is 9.88. The number of hydrogen-bond donors (Lipinski definition) is 2. The van der Waals surface area contributed by atoms with Crippen LogP contribution in [0.5, 0.6) is 0 Å². The lowest BCUT2D eigenvalue weighted by Gasteiger charge is -2.21. The van der Waals surface area contributed by atoms with E-state index in [1.54, 1.807) is 24.3 Å². The lowest BCUT2D eigenvalue weighted by atomic mass is 10.1. The van der Waals surface area contributed by atoms with Gasteiger partial charge in [-0.15, -0.1) is 0 Å². The van der Waals surface area contributed by atoms with Gasteiger partial charge in [0.1, 0.15) is 5.82 Å². The van der Waals surface area contributed by atoms with Gasteiger partial charge in [0.2, 0.25) is 5.91 Å². The predicted molar refractivity (Wildman–Crippen MR) is 63.5 cm³/mol. The lowest BCUT2D eigenvalue weighted by Crippen LogP contribution is -2.40. The number of carbonyl (C=O) groups excluding carboxylic acids is 1. The van der Waals surface area contributed by atoms with Gasteiger partial charge < -0.3 is 15.6 Å². The number of rotatable bonds is 4. The number of amides is 1. The second kappa shape index (κ2) is 3.86. The van der Waals surface area contributed by atoms with Gasteiger partial charge in [-0.05, 0) is 12.8 Å². The third kappa shape index (κ3) is 1.80. The SMILES string of the molecule is CN(Cc1ncc[nH]1)C(=O)C1(C(N)=S)CC1. The molecule has 6 heteroatoms. The first-order valence-electron chi connectivity index (χ1n) is 5.10. The molecule has 2 rings (SSSR count). The number of nitrogens with zero attached hydrogens (tertiary/aromatic N) is 2. The summed E-state index contributed by atoms with van der Waals surface area (Å²) in [4.78, 5) is 21.1. The van der Waals surface area contributed by atoms with E-state index in [1.165, 1.54) is 0 Å². The Morgan fingerprint density at radius 3 is 2.88 bits per heavy atom. The summed E-state index contributed by atoms with van der Waals surface area (Å²) in [7, 11) is 1.74. The number of hydrogen-bond acceptors (Lipinski definition) is 3. The summed E-state index contributed by atoms with van der Waals surface area (Å²) in [6.45, 7) is 0.455. The zero-order chi connectivity index (χ0) is 11.8. The molecule has 3 N–H and O–H groups in total. The Bertz CT molecular complexity index is 410. The van der Waals surface area contributed by atoms with Crippen LogP contribution < -0.4 is 5.73 Å². The molecular weight excluding hydrogens is 224 g/mol. The van der Waals surface area contributed by atoms with E-state index in [9.17, 15) is 4.79 Å². The molecule has 0 bridgehead atoms. The molecule has 1 amide bonds. The first-order chi connectivity index (χ1) is 7.56. The van der Waals surface area contributed by atoms with Gasteiger partial charge in [0.25, 0.3) is 0 Å². The quantitative estimate of drug-likeness (QED) is 0.746. The van der Waals surface area contributed by atoms with E-state index >= 15 is 0 Å². The molecule has 86 valence electrons. The van der Waals surface area contributed by atoms with E-state index in [1.807, 2.05) is 0 Å². The molecule has 1 heterocycles. The third-order valence-corrected chi connectivity index (χ3v) is 3.31. The van der Waals surface area contributed by atoms with Crippen molar-refractivity contribution in [3.8, 4) is 0 Å². The summed E-state index contributed by atoms with van der Waals surface area (Å²) in [5.41, 5.74) is 5.03. The highest BCUT2D eigenvalue weighted by atomic mass is 32.1. The average Bonchev–Trinajstić information content (AvgIpc) is 2.91. The number of carbonyl (C=O) groups is 1. The first kappa shape index (κ1) is 11.1. The normalized spacial score (nSPS) is 16.8. The van der Waals surface area contributed by atoms with Crippen molar-refractivity contribution in [3.63, 3.8) is 0 Å². The molecule has 1 fully saturated rings.